The minimum atomic E-state index is -0.153. The smallest absolute Gasteiger partial charge is 0.308 e. The molecule has 0 aromatic carbocycles. The van der Waals surface area contributed by atoms with Crippen LogP contribution in [0.25, 0.3) is 0 Å². The lowest BCUT2D eigenvalue weighted by Crippen LogP contribution is -2.11. The SMILES string of the molecule is C/C=C/C=CCOC(=O)C(C)C. The maximum absolute atomic E-state index is 10.9. The second-order valence-electron chi connectivity index (χ2n) is 2.74. The van der Waals surface area contributed by atoms with Crippen molar-refractivity contribution in [2.24, 2.45) is 5.92 Å². The Morgan fingerprint density at radius 2 is 2.08 bits per heavy atom. The predicted octanol–water partition coefficient (Wildman–Crippen LogP) is 2.32. The van der Waals surface area contributed by atoms with Crippen molar-refractivity contribution in [2.75, 3.05) is 6.61 Å². The first-order valence-electron chi connectivity index (χ1n) is 4.13. The van der Waals surface area contributed by atoms with E-state index in [9.17, 15) is 4.79 Å². The molecule has 0 spiro atoms. The molecule has 2 nitrogen and oxygen atoms in total. The molecular weight excluding hydrogens is 152 g/mol. The van der Waals surface area contributed by atoms with Crippen LogP contribution in [-0.2, 0) is 9.53 Å². The van der Waals surface area contributed by atoms with Gasteiger partial charge in [0.2, 0.25) is 0 Å². The lowest BCUT2D eigenvalue weighted by Gasteiger charge is -2.02. The maximum atomic E-state index is 10.9. The first-order valence-corrected chi connectivity index (χ1v) is 4.13. The molecule has 0 saturated heterocycles. The van der Waals surface area contributed by atoms with Crippen LogP contribution in [0.15, 0.2) is 24.3 Å². The van der Waals surface area contributed by atoms with Gasteiger partial charge in [0, 0.05) is 0 Å². The van der Waals surface area contributed by atoms with Crippen molar-refractivity contribution >= 4 is 5.97 Å². The van der Waals surface area contributed by atoms with E-state index in [1.54, 1.807) is 6.08 Å². The van der Waals surface area contributed by atoms with Crippen molar-refractivity contribution in [3.05, 3.63) is 24.3 Å². The van der Waals surface area contributed by atoms with Gasteiger partial charge in [-0.15, -0.1) is 0 Å². The van der Waals surface area contributed by atoms with Crippen molar-refractivity contribution < 1.29 is 9.53 Å². The predicted molar refractivity (Wildman–Crippen MR) is 49.8 cm³/mol. The van der Waals surface area contributed by atoms with Gasteiger partial charge in [0.25, 0.3) is 0 Å². The Morgan fingerprint density at radius 3 is 2.58 bits per heavy atom. The van der Waals surface area contributed by atoms with E-state index in [1.165, 1.54) is 0 Å². The fourth-order valence-electron chi connectivity index (χ4n) is 0.542. The van der Waals surface area contributed by atoms with E-state index >= 15 is 0 Å². The van der Waals surface area contributed by atoms with Crippen LogP contribution in [0.3, 0.4) is 0 Å². The van der Waals surface area contributed by atoms with E-state index in [0.717, 1.165) is 0 Å². The van der Waals surface area contributed by atoms with Crippen molar-refractivity contribution in [2.45, 2.75) is 20.8 Å². The molecule has 12 heavy (non-hydrogen) atoms. The van der Waals surface area contributed by atoms with Crippen LogP contribution in [0.1, 0.15) is 20.8 Å². The average Bonchev–Trinajstić information content (AvgIpc) is 2.03. The van der Waals surface area contributed by atoms with Crippen LogP contribution >= 0.6 is 0 Å². The lowest BCUT2D eigenvalue weighted by molar-refractivity contribution is -0.146. The van der Waals surface area contributed by atoms with E-state index in [0.29, 0.717) is 6.61 Å². The molecule has 2 heteroatoms. The molecule has 0 unspecified atom stereocenters. The van der Waals surface area contributed by atoms with Crippen molar-refractivity contribution in [3.8, 4) is 0 Å². The molecule has 0 atom stereocenters. The topological polar surface area (TPSA) is 26.3 Å². The Balaban J connectivity index is 3.50. The second-order valence-corrected chi connectivity index (χ2v) is 2.74. The number of esters is 1. The molecule has 0 saturated carbocycles. The molecule has 0 radical (unpaired) electrons. The largest absolute Gasteiger partial charge is 0.461 e. The molecule has 0 aromatic heterocycles. The van der Waals surface area contributed by atoms with E-state index in [4.69, 9.17) is 4.74 Å². The zero-order chi connectivity index (χ0) is 9.40. The van der Waals surface area contributed by atoms with Crippen LogP contribution in [0.5, 0.6) is 0 Å². The molecule has 0 amide bonds. The van der Waals surface area contributed by atoms with E-state index in [1.807, 2.05) is 39.0 Å². The van der Waals surface area contributed by atoms with Crippen LogP contribution in [0.2, 0.25) is 0 Å². The van der Waals surface area contributed by atoms with Gasteiger partial charge in [-0.25, -0.2) is 0 Å². The van der Waals surface area contributed by atoms with Gasteiger partial charge in [-0.3, -0.25) is 4.79 Å². The van der Waals surface area contributed by atoms with Gasteiger partial charge in [0.05, 0.1) is 5.92 Å². The molecule has 0 bridgehead atoms. The fraction of sp³-hybridized carbons (Fsp3) is 0.500. The number of allylic oxidation sites excluding steroid dienone is 3. The van der Waals surface area contributed by atoms with Crippen LogP contribution in [0.4, 0.5) is 0 Å². The summed E-state index contributed by atoms with van der Waals surface area (Å²) in [4.78, 5) is 10.9. The average molecular weight is 168 g/mol. The Hall–Kier alpha value is -1.05. The Morgan fingerprint density at radius 1 is 1.42 bits per heavy atom. The minimum absolute atomic E-state index is 0.0416. The summed E-state index contributed by atoms with van der Waals surface area (Å²) >= 11 is 0. The summed E-state index contributed by atoms with van der Waals surface area (Å²) in [5, 5.41) is 0. The molecule has 0 rings (SSSR count). The summed E-state index contributed by atoms with van der Waals surface area (Å²) in [6, 6.07) is 0. The first kappa shape index (κ1) is 11.0. The van der Waals surface area contributed by atoms with Crippen LogP contribution < -0.4 is 0 Å². The van der Waals surface area contributed by atoms with Gasteiger partial charge in [0.15, 0.2) is 0 Å². The summed E-state index contributed by atoms with van der Waals surface area (Å²) in [6.07, 6.45) is 7.47. The Labute approximate surface area is 73.9 Å². The molecule has 0 fully saturated rings. The zero-order valence-electron chi connectivity index (χ0n) is 7.91. The van der Waals surface area contributed by atoms with Gasteiger partial charge in [-0.05, 0) is 13.0 Å². The summed E-state index contributed by atoms with van der Waals surface area (Å²) in [6.45, 7) is 5.93. The first-order chi connectivity index (χ1) is 5.68. The third-order valence-corrected chi connectivity index (χ3v) is 1.23. The monoisotopic (exact) mass is 168 g/mol. The number of ether oxygens (including phenoxy) is 1. The Kier molecular flexibility index (Phi) is 6.07. The fourth-order valence-corrected chi connectivity index (χ4v) is 0.542. The van der Waals surface area contributed by atoms with Crippen LogP contribution in [-0.4, -0.2) is 12.6 Å². The van der Waals surface area contributed by atoms with Crippen LogP contribution in [0, 0.1) is 5.92 Å². The number of hydrogen-bond donors (Lipinski definition) is 0. The summed E-state index contributed by atoms with van der Waals surface area (Å²) in [7, 11) is 0. The van der Waals surface area contributed by atoms with E-state index in [2.05, 4.69) is 0 Å². The maximum Gasteiger partial charge on any atom is 0.308 e. The summed E-state index contributed by atoms with van der Waals surface area (Å²) < 4.78 is 4.89. The van der Waals surface area contributed by atoms with Gasteiger partial charge in [0.1, 0.15) is 6.61 Å². The highest BCUT2D eigenvalue weighted by molar-refractivity contribution is 5.71. The second kappa shape index (κ2) is 6.65. The highest BCUT2D eigenvalue weighted by atomic mass is 16.5. The summed E-state index contributed by atoms with van der Waals surface area (Å²) in [5.74, 6) is -0.194. The number of hydrogen-bond acceptors (Lipinski definition) is 2. The quantitative estimate of drug-likeness (QED) is 0.475. The van der Waals surface area contributed by atoms with Crippen molar-refractivity contribution in [3.63, 3.8) is 0 Å². The zero-order valence-corrected chi connectivity index (χ0v) is 7.91. The number of rotatable bonds is 4. The molecule has 0 aliphatic heterocycles. The molecule has 0 aliphatic rings. The highest BCUT2D eigenvalue weighted by Crippen LogP contribution is 1.95. The molecule has 0 heterocycles. The normalized spacial score (nSPS) is 11.7. The standard InChI is InChI=1S/C10H16O2/c1-4-5-6-7-8-12-10(11)9(2)3/h4-7,9H,8H2,1-3H3/b5-4+,7-6?. The molecule has 68 valence electrons. The molecular formula is C10H16O2. The number of carbonyl (C=O) groups is 1. The Bertz CT molecular complexity index is 178. The molecule has 0 aromatic rings. The number of carbonyl (C=O) groups excluding carboxylic acids is 1. The summed E-state index contributed by atoms with van der Waals surface area (Å²) in [5.41, 5.74) is 0. The third-order valence-electron chi connectivity index (χ3n) is 1.23. The van der Waals surface area contributed by atoms with Gasteiger partial charge in [-0.1, -0.05) is 32.1 Å². The molecule has 0 N–H and O–H groups in total. The third kappa shape index (κ3) is 5.71. The van der Waals surface area contributed by atoms with E-state index < -0.39 is 0 Å². The van der Waals surface area contributed by atoms with E-state index in [-0.39, 0.29) is 11.9 Å². The van der Waals surface area contributed by atoms with Gasteiger partial charge >= 0.3 is 5.97 Å². The van der Waals surface area contributed by atoms with Crippen molar-refractivity contribution in [1.82, 2.24) is 0 Å². The van der Waals surface area contributed by atoms with Gasteiger partial charge in [-0.2, -0.15) is 0 Å². The minimum Gasteiger partial charge on any atom is -0.461 e. The van der Waals surface area contributed by atoms with Gasteiger partial charge < -0.3 is 4.74 Å². The molecule has 0 aliphatic carbocycles. The highest BCUT2D eigenvalue weighted by Gasteiger charge is 2.05. The lowest BCUT2D eigenvalue weighted by atomic mass is 10.2. The van der Waals surface area contributed by atoms with Crippen molar-refractivity contribution in [1.29, 1.82) is 0 Å².